The molecular formula is C27H37FO2. The molecule has 0 spiro atoms. The van der Waals surface area contributed by atoms with Crippen LogP contribution in [0.25, 0.3) is 11.1 Å². The number of benzene rings is 2. The van der Waals surface area contributed by atoms with Crippen LogP contribution in [0.2, 0.25) is 0 Å². The van der Waals surface area contributed by atoms with Gasteiger partial charge in [-0.15, -0.1) is 0 Å². The maximum atomic E-state index is 15.1. The minimum atomic E-state index is -0.177. The summed E-state index contributed by atoms with van der Waals surface area (Å²) in [5, 5.41) is 0. The van der Waals surface area contributed by atoms with Crippen molar-refractivity contribution in [2.24, 2.45) is 0 Å². The Balaban J connectivity index is 1.60. The average molecular weight is 413 g/mol. The molecule has 0 bridgehead atoms. The van der Waals surface area contributed by atoms with Gasteiger partial charge in [-0.05, 0) is 66.1 Å². The lowest BCUT2D eigenvalue weighted by atomic mass is 9.85. The van der Waals surface area contributed by atoms with Crippen molar-refractivity contribution in [3.8, 4) is 22.6 Å². The third kappa shape index (κ3) is 6.00. The molecule has 30 heavy (non-hydrogen) atoms. The van der Waals surface area contributed by atoms with Crippen LogP contribution in [0.4, 0.5) is 4.39 Å². The Morgan fingerprint density at radius 3 is 2.23 bits per heavy atom. The molecule has 0 aliphatic heterocycles. The zero-order chi connectivity index (χ0) is 21.2. The number of ether oxygens (including phenoxy) is 2. The van der Waals surface area contributed by atoms with Crippen LogP contribution in [0.5, 0.6) is 11.5 Å². The van der Waals surface area contributed by atoms with Gasteiger partial charge in [-0.3, -0.25) is 0 Å². The molecule has 0 amide bonds. The number of rotatable bonds is 13. The maximum Gasteiger partial charge on any atom is 0.168 e. The molecular weight excluding hydrogens is 375 g/mol. The molecule has 2 aromatic carbocycles. The summed E-state index contributed by atoms with van der Waals surface area (Å²) in [6, 6.07) is 10.1. The largest absolute Gasteiger partial charge is 0.494 e. The lowest BCUT2D eigenvalue weighted by Crippen LogP contribution is -2.09. The molecule has 2 nitrogen and oxygen atoms in total. The molecule has 1 aliphatic carbocycles. The molecule has 1 aliphatic rings. The zero-order valence-corrected chi connectivity index (χ0v) is 18.8. The number of fused-ring (bicyclic) bond motifs is 3. The summed E-state index contributed by atoms with van der Waals surface area (Å²) >= 11 is 0. The summed E-state index contributed by atoms with van der Waals surface area (Å²) in [6.07, 6.45) is 12.3. The van der Waals surface area contributed by atoms with Crippen molar-refractivity contribution in [2.45, 2.75) is 84.5 Å². The molecule has 0 atom stereocenters. The molecule has 0 aromatic heterocycles. The van der Waals surface area contributed by atoms with Gasteiger partial charge in [-0.1, -0.05) is 70.9 Å². The monoisotopic (exact) mass is 412 g/mol. The van der Waals surface area contributed by atoms with Gasteiger partial charge >= 0.3 is 0 Å². The van der Waals surface area contributed by atoms with E-state index >= 15 is 4.39 Å². The fraction of sp³-hybridized carbons (Fsp3) is 0.556. The Hall–Kier alpha value is -2.03. The van der Waals surface area contributed by atoms with Gasteiger partial charge in [-0.25, -0.2) is 4.39 Å². The average Bonchev–Trinajstić information content (AvgIpc) is 2.77. The normalized spacial score (nSPS) is 12.4. The van der Waals surface area contributed by atoms with E-state index in [1.54, 1.807) is 6.07 Å². The number of hydrogen-bond acceptors (Lipinski definition) is 2. The van der Waals surface area contributed by atoms with Crippen molar-refractivity contribution in [2.75, 3.05) is 13.2 Å². The molecule has 0 heterocycles. The van der Waals surface area contributed by atoms with Gasteiger partial charge in [0.15, 0.2) is 11.6 Å². The second kappa shape index (κ2) is 12.0. The third-order valence-corrected chi connectivity index (χ3v) is 5.99. The first-order valence-electron chi connectivity index (χ1n) is 11.9. The maximum absolute atomic E-state index is 15.1. The second-order valence-electron chi connectivity index (χ2n) is 8.39. The highest BCUT2D eigenvalue weighted by Crippen LogP contribution is 2.39. The van der Waals surface area contributed by atoms with Crippen LogP contribution in [-0.4, -0.2) is 13.2 Å². The first kappa shape index (κ1) is 22.7. The van der Waals surface area contributed by atoms with E-state index in [9.17, 15) is 0 Å². The van der Waals surface area contributed by atoms with Crippen LogP contribution in [0.15, 0.2) is 30.3 Å². The first-order valence-corrected chi connectivity index (χ1v) is 11.9. The molecule has 2 aromatic rings. The van der Waals surface area contributed by atoms with Crippen LogP contribution in [0, 0.1) is 5.82 Å². The summed E-state index contributed by atoms with van der Waals surface area (Å²) in [7, 11) is 0. The van der Waals surface area contributed by atoms with Gasteiger partial charge in [0.2, 0.25) is 0 Å². The highest BCUT2D eigenvalue weighted by Gasteiger charge is 2.22. The third-order valence-electron chi connectivity index (χ3n) is 5.99. The minimum Gasteiger partial charge on any atom is -0.494 e. The SMILES string of the molecule is CCCCCCCCOc1ccc2c(c1F)CCc1cc(OCCCCC)ccc1-2. The van der Waals surface area contributed by atoms with Crippen molar-refractivity contribution in [1.29, 1.82) is 0 Å². The summed E-state index contributed by atoms with van der Waals surface area (Å²) in [6.45, 7) is 5.77. The molecule has 0 fully saturated rings. The number of halogens is 1. The standard InChI is InChI=1S/C27H37FO2/c1-3-5-7-8-9-11-19-30-26-17-16-24-23-15-13-22(29-18-10-6-4-2)20-21(23)12-14-25(24)27(26)28/h13,15-17,20H,3-12,14,18-19H2,1-2H3. The van der Waals surface area contributed by atoms with E-state index < -0.39 is 0 Å². The van der Waals surface area contributed by atoms with Crippen molar-refractivity contribution >= 4 is 0 Å². The summed E-state index contributed by atoms with van der Waals surface area (Å²) in [5.41, 5.74) is 4.16. The Morgan fingerprint density at radius 2 is 1.40 bits per heavy atom. The quantitative estimate of drug-likeness (QED) is 0.311. The zero-order valence-electron chi connectivity index (χ0n) is 18.8. The smallest absolute Gasteiger partial charge is 0.168 e. The van der Waals surface area contributed by atoms with Crippen molar-refractivity contribution < 1.29 is 13.9 Å². The van der Waals surface area contributed by atoms with Gasteiger partial charge in [0.25, 0.3) is 0 Å². The predicted octanol–water partition coefficient (Wildman–Crippen LogP) is 7.90. The van der Waals surface area contributed by atoms with E-state index in [0.717, 1.165) is 54.7 Å². The molecule has 3 rings (SSSR count). The molecule has 0 radical (unpaired) electrons. The van der Waals surface area contributed by atoms with E-state index in [2.05, 4.69) is 26.0 Å². The lowest BCUT2D eigenvalue weighted by molar-refractivity contribution is 0.289. The number of aryl methyl sites for hydroxylation is 1. The van der Waals surface area contributed by atoms with Crippen LogP contribution in [0.3, 0.4) is 0 Å². The topological polar surface area (TPSA) is 18.5 Å². The summed E-state index contributed by atoms with van der Waals surface area (Å²) in [4.78, 5) is 0. The molecule has 0 saturated carbocycles. The second-order valence-corrected chi connectivity index (χ2v) is 8.39. The molecule has 3 heteroatoms. The fourth-order valence-corrected chi connectivity index (χ4v) is 4.20. The highest BCUT2D eigenvalue weighted by atomic mass is 19.1. The summed E-state index contributed by atoms with van der Waals surface area (Å²) < 4.78 is 26.8. The van der Waals surface area contributed by atoms with E-state index in [4.69, 9.17) is 9.47 Å². The lowest BCUT2D eigenvalue weighted by Gasteiger charge is -2.22. The molecule has 0 N–H and O–H groups in total. The van der Waals surface area contributed by atoms with Crippen LogP contribution in [0.1, 0.15) is 82.8 Å². The van der Waals surface area contributed by atoms with E-state index in [-0.39, 0.29) is 5.82 Å². The minimum absolute atomic E-state index is 0.177. The number of unbranched alkanes of at least 4 members (excludes halogenated alkanes) is 7. The highest BCUT2D eigenvalue weighted by molar-refractivity contribution is 5.75. The Morgan fingerprint density at radius 1 is 0.733 bits per heavy atom. The Labute approximate surface area is 181 Å². The predicted molar refractivity (Wildman–Crippen MR) is 123 cm³/mol. The van der Waals surface area contributed by atoms with Crippen molar-refractivity contribution in [3.63, 3.8) is 0 Å². The van der Waals surface area contributed by atoms with Gasteiger partial charge in [0.1, 0.15) is 5.75 Å². The van der Waals surface area contributed by atoms with E-state index in [0.29, 0.717) is 18.8 Å². The molecule has 0 unspecified atom stereocenters. The first-order chi connectivity index (χ1) is 14.7. The Bertz CT molecular complexity index is 800. The molecule has 164 valence electrons. The van der Waals surface area contributed by atoms with Crippen molar-refractivity contribution in [3.05, 3.63) is 47.3 Å². The Kier molecular flexibility index (Phi) is 9.04. The van der Waals surface area contributed by atoms with Gasteiger partial charge in [0.05, 0.1) is 13.2 Å². The van der Waals surface area contributed by atoms with Crippen LogP contribution >= 0.6 is 0 Å². The van der Waals surface area contributed by atoms with E-state index in [1.165, 1.54) is 44.1 Å². The van der Waals surface area contributed by atoms with Gasteiger partial charge < -0.3 is 9.47 Å². The van der Waals surface area contributed by atoms with Crippen LogP contribution in [-0.2, 0) is 12.8 Å². The number of hydrogen-bond donors (Lipinski definition) is 0. The summed E-state index contributed by atoms with van der Waals surface area (Å²) in [5.74, 6) is 1.15. The van der Waals surface area contributed by atoms with Gasteiger partial charge in [0, 0.05) is 0 Å². The van der Waals surface area contributed by atoms with Gasteiger partial charge in [-0.2, -0.15) is 0 Å². The van der Waals surface area contributed by atoms with Crippen LogP contribution < -0.4 is 9.47 Å². The van der Waals surface area contributed by atoms with Crippen molar-refractivity contribution in [1.82, 2.24) is 0 Å². The van der Waals surface area contributed by atoms with E-state index in [1.807, 2.05) is 12.1 Å². The molecule has 0 saturated heterocycles. The fourth-order valence-electron chi connectivity index (χ4n) is 4.20.